The Bertz CT molecular complexity index is 1160. The van der Waals surface area contributed by atoms with Gasteiger partial charge in [0.15, 0.2) is 6.10 Å². The Morgan fingerprint density at radius 3 is 0.884 bits per heavy atom. The molecule has 0 aromatic rings. The van der Waals surface area contributed by atoms with Crippen LogP contribution in [0.2, 0.25) is 0 Å². The second-order valence-electron chi connectivity index (χ2n) is 20.6. The van der Waals surface area contributed by atoms with E-state index in [0.29, 0.717) is 19.3 Å². The molecule has 0 amide bonds. The fraction of sp³-hybridized carbons (Fsp3) is 0.857. The van der Waals surface area contributed by atoms with Crippen LogP contribution in [0.1, 0.15) is 329 Å². The van der Waals surface area contributed by atoms with Gasteiger partial charge < -0.3 is 14.2 Å². The van der Waals surface area contributed by atoms with E-state index in [9.17, 15) is 14.4 Å². The molecule has 0 fully saturated rings. The minimum absolute atomic E-state index is 0.0711. The van der Waals surface area contributed by atoms with E-state index in [1.807, 2.05) is 0 Å². The molecule has 1 atom stereocenters. The van der Waals surface area contributed by atoms with Gasteiger partial charge in [0, 0.05) is 19.3 Å². The summed E-state index contributed by atoms with van der Waals surface area (Å²) >= 11 is 0. The minimum atomic E-state index is -0.773. The molecule has 0 rings (SSSR count). The van der Waals surface area contributed by atoms with E-state index in [1.165, 1.54) is 205 Å². The summed E-state index contributed by atoms with van der Waals surface area (Å²) in [5.41, 5.74) is 0. The average Bonchev–Trinajstić information content (AvgIpc) is 3.35. The standard InChI is InChI=1S/C63H116O6/c1-4-7-10-13-16-19-22-25-27-29-30-31-32-34-35-38-41-44-47-50-53-56-62(65)68-59-60(58-67-61(64)55-52-49-46-43-40-37-24-21-18-15-12-9-6-3)69-63(66)57-54-51-48-45-42-39-36-33-28-26-23-20-17-14-11-8-5-2/h8,11,17,20,26,28,60H,4-7,9-10,12-16,18-19,21-25,27,29-59H2,1-3H3/b11-8-,20-17-,28-26-. The Kier molecular flexibility index (Phi) is 56.2. The lowest BCUT2D eigenvalue weighted by molar-refractivity contribution is -0.167. The third-order valence-electron chi connectivity index (χ3n) is 13.7. The fourth-order valence-corrected chi connectivity index (χ4v) is 9.11. The maximum atomic E-state index is 12.9. The maximum absolute atomic E-state index is 12.9. The van der Waals surface area contributed by atoms with Crippen molar-refractivity contribution in [1.82, 2.24) is 0 Å². The highest BCUT2D eigenvalue weighted by molar-refractivity contribution is 5.71. The lowest BCUT2D eigenvalue weighted by Crippen LogP contribution is -2.30. The summed E-state index contributed by atoms with van der Waals surface area (Å²) in [6.07, 6.45) is 70.0. The van der Waals surface area contributed by atoms with Crippen molar-refractivity contribution in [1.29, 1.82) is 0 Å². The van der Waals surface area contributed by atoms with Crippen molar-refractivity contribution >= 4 is 17.9 Å². The first kappa shape index (κ1) is 66.6. The van der Waals surface area contributed by atoms with Crippen LogP contribution in [0, 0.1) is 0 Å². The summed E-state index contributed by atoms with van der Waals surface area (Å²) in [5, 5.41) is 0. The summed E-state index contributed by atoms with van der Waals surface area (Å²) in [7, 11) is 0. The molecule has 0 bridgehead atoms. The van der Waals surface area contributed by atoms with E-state index in [-0.39, 0.29) is 31.1 Å². The number of hydrogen-bond donors (Lipinski definition) is 0. The second kappa shape index (κ2) is 58.2. The zero-order chi connectivity index (χ0) is 50.0. The van der Waals surface area contributed by atoms with Crippen LogP contribution >= 0.6 is 0 Å². The van der Waals surface area contributed by atoms with Gasteiger partial charge in [-0.15, -0.1) is 0 Å². The van der Waals surface area contributed by atoms with Gasteiger partial charge in [0.05, 0.1) is 0 Å². The van der Waals surface area contributed by atoms with E-state index >= 15 is 0 Å². The van der Waals surface area contributed by atoms with Crippen molar-refractivity contribution < 1.29 is 28.6 Å². The molecule has 0 aromatic heterocycles. The largest absolute Gasteiger partial charge is 0.462 e. The zero-order valence-corrected chi connectivity index (χ0v) is 46.3. The van der Waals surface area contributed by atoms with E-state index in [1.54, 1.807) is 0 Å². The van der Waals surface area contributed by atoms with Crippen LogP contribution in [0.4, 0.5) is 0 Å². The molecule has 0 heterocycles. The summed E-state index contributed by atoms with van der Waals surface area (Å²) in [5.74, 6) is -0.859. The van der Waals surface area contributed by atoms with Crippen molar-refractivity contribution in [2.45, 2.75) is 335 Å². The molecule has 0 saturated carbocycles. The van der Waals surface area contributed by atoms with Gasteiger partial charge in [-0.05, 0) is 51.4 Å². The highest BCUT2D eigenvalue weighted by atomic mass is 16.6. The van der Waals surface area contributed by atoms with Gasteiger partial charge >= 0.3 is 17.9 Å². The highest BCUT2D eigenvalue weighted by Gasteiger charge is 2.19. The predicted octanol–water partition coefficient (Wildman–Crippen LogP) is 20.4. The molecule has 0 aliphatic heterocycles. The van der Waals surface area contributed by atoms with Crippen molar-refractivity contribution in [3.63, 3.8) is 0 Å². The highest BCUT2D eigenvalue weighted by Crippen LogP contribution is 2.17. The molecule has 0 aliphatic rings. The van der Waals surface area contributed by atoms with E-state index in [0.717, 1.165) is 83.5 Å². The lowest BCUT2D eigenvalue weighted by Gasteiger charge is -2.18. The number of carbonyl (C=O) groups is 3. The first-order valence-electron chi connectivity index (χ1n) is 30.5. The molecule has 6 heteroatoms. The summed E-state index contributed by atoms with van der Waals surface area (Å²) in [6.45, 7) is 6.58. The van der Waals surface area contributed by atoms with E-state index in [4.69, 9.17) is 14.2 Å². The Balaban J connectivity index is 4.29. The van der Waals surface area contributed by atoms with Gasteiger partial charge in [-0.2, -0.15) is 0 Å². The van der Waals surface area contributed by atoms with Crippen molar-refractivity contribution in [2.24, 2.45) is 0 Å². The third kappa shape index (κ3) is 56.4. The molecule has 0 spiro atoms. The van der Waals surface area contributed by atoms with Crippen molar-refractivity contribution in [3.05, 3.63) is 36.5 Å². The van der Waals surface area contributed by atoms with Crippen molar-refractivity contribution in [3.8, 4) is 0 Å². The van der Waals surface area contributed by atoms with Crippen LogP contribution in [0.25, 0.3) is 0 Å². The third-order valence-corrected chi connectivity index (χ3v) is 13.7. The Hall–Kier alpha value is -2.37. The van der Waals surface area contributed by atoms with Crippen LogP contribution in [-0.2, 0) is 28.6 Å². The molecule has 0 N–H and O–H groups in total. The molecule has 69 heavy (non-hydrogen) atoms. The number of esters is 3. The summed E-state index contributed by atoms with van der Waals surface area (Å²) < 4.78 is 16.9. The Labute approximate surface area is 429 Å². The number of hydrogen-bond acceptors (Lipinski definition) is 6. The zero-order valence-electron chi connectivity index (χ0n) is 46.3. The number of rotatable bonds is 56. The van der Waals surface area contributed by atoms with Gasteiger partial charge in [-0.3, -0.25) is 14.4 Å². The molecule has 0 saturated heterocycles. The van der Waals surface area contributed by atoms with E-state index in [2.05, 4.69) is 57.2 Å². The smallest absolute Gasteiger partial charge is 0.306 e. The molecular weight excluding hydrogens is 853 g/mol. The van der Waals surface area contributed by atoms with Gasteiger partial charge in [0.25, 0.3) is 0 Å². The molecule has 1 unspecified atom stereocenters. The van der Waals surface area contributed by atoms with Gasteiger partial charge in [-0.25, -0.2) is 0 Å². The van der Waals surface area contributed by atoms with E-state index < -0.39 is 6.10 Å². The van der Waals surface area contributed by atoms with Crippen LogP contribution in [0.5, 0.6) is 0 Å². The first-order chi connectivity index (χ1) is 34.0. The summed E-state index contributed by atoms with van der Waals surface area (Å²) in [4.78, 5) is 38.2. The molecule has 6 nitrogen and oxygen atoms in total. The number of ether oxygens (including phenoxy) is 3. The Morgan fingerprint density at radius 2 is 0.565 bits per heavy atom. The van der Waals surface area contributed by atoms with Gasteiger partial charge in [0.1, 0.15) is 13.2 Å². The first-order valence-corrected chi connectivity index (χ1v) is 30.5. The fourth-order valence-electron chi connectivity index (χ4n) is 9.11. The number of carbonyl (C=O) groups excluding carboxylic acids is 3. The monoisotopic (exact) mass is 969 g/mol. The lowest BCUT2D eigenvalue weighted by atomic mass is 10.0. The van der Waals surface area contributed by atoms with Crippen LogP contribution in [-0.4, -0.2) is 37.2 Å². The molecule has 0 aromatic carbocycles. The minimum Gasteiger partial charge on any atom is -0.462 e. The molecule has 0 aliphatic carbocycles. The average molecular weight is 970 g/mol. The second-order valence-corrected chi connectivity index (χ2v) is 20.6. The van der Waals surface area contributed by atoms with Gasteiger partial charge in [0.2, 0.25) is 0 Å². The number of allylic oxidation sites excluding steroid dienone is 6. The topological polar surface area (TPSA) is 78.9 Å². The Morgan fingerprint density at radius 1 is 0.304 bits per heavy atom. The molecule has 0 radical (unpaired) electrons. The molecule has 404 valence electrons. The molecular formula is C63H116O6. The SMILES string of the molecule is CC/C=C\C/C=C\C/C=C\CCCCCCCCCC(=O)OC(COC(=O)CCCCCCCCCCCCCCC)COC(=O)CCCCCCCCCCCCCCCCCCCCCCC. The quantitative estimate of drug-likeness (QED) is 0.0261. The normalized spacial score (nSPS) is 12.2. The van der Waals surface area contributed by atoms with Crippen LogP contribution in [0.3, 0.4) is 0 Å². The van der Waals surface area contributed by atoms with Crippen molar-refractivity contribution in [2.75, 3.05) is 13.2 Å². The van der Waals surface area contributed by atoms with Gasteiger partial charge in [-0.1, -0.05) is 295 Å². The summed E-state index contributed by atoms with van der Waals surface area (Å²) in [6, 6.07) is 0. The number of unbranched alkanes of at least 4 members (excludes halogenated alkanes) is 39. The maximum Gasteiger partial charge on any atom is 0.306 e. The van der Waals surface area contributed by atoms with Crippen LogP contribution < -0.4 is 0 Å². The van der Waals surface area contributed by atoms with Crippen LogP contribution in [0.15, 0.2) is 36.5 Å². The predicted molar refractivity (Wildman–Crippen MR) is 298 cm³/mol.